The number of anilines is 1. The molecule has 1 atom stereocenters. The molecule has 20 heavy (non-hydrogen) atoms. The molecular weight excluding hydrogens is 365 g/mol. The molecule has 1 aromatic rings. The van der Waals surface area contributed by atoms with Crippen molar-refractivity contribution in [2.45, 2.75) is 32.2 Å². The van der Waals surface area contributed by atoms with Crippen molar-refractivity contribution in [3.63, 3.8) is 0 Å². The van der Waals surface area contributed by atoms with E-state index in [4.69, 9.17) is 5.73 Å². The highest BCUT2D eigenvalue weighted by Crippen LogP contribution is 2.21. The third-order valence-electron chi connectivity index (χ3n) is 3.97. The number of hydrogen-bond donors (Lipinski definition) is 1. The molecule has 0 spiro atoms. The van der Waals surface area contributed by atoms with E-state index in [1.165, 1.54) is 12.8 Å². The van der Waals surface area contributed by atoms with Crippen LogP contribution >= 0.6 is 22.6 Å². The average molecular weight is 389 g/mol. The van der Waals surface area contributed by atoms with E-state index in [2.05, 4.69) is 49.3 Å². The predicted molar refractivity (Wildman–Crippen MR) is 90.9 cm³/mol. The number of nitrogens with two attached hydrogens (primary N) is 1. The summed E-state index contributed by atoms with van der Waals surface area (Å²) >= 11 is 2.32. The molecule has 2 rings (SSSR count). The minimum Gasteiger partial charge on any atom is -0.354 e. The second kappa shape index (κ2) is 8.09. The molecule has 1 unspecified atom stereocenters. The van der Waals surface area contributed by atoms with Crippen LogP contribution in [-0.2, 0) is 0 Å². The molecule has 2 heterocycles. The molecule has 0 aromatic carbocycles. The Morgan fingerprint density at radius 1 is 1.35 bits per heavy atom. The fourth-order valence-electron chi connectivity index (χ4n) is 2.89. The zero-order valence-corrected chi connectivity index (χ0v) is 14.3. The summed E-state index contributed by atoms with van der Waals surface area (Å²) in [5.74, 6) is 1.08. The van der Waals surface area contributed by atoms with E-state index in [1.807, 2.05) is 6.20 Å². The van der Waals surface area contributed by atoms with Crippen LogP contribution in [0.2, 0.25) is 0 Å². The highest BCUT2D eigenvalue weighted by Gasteiger charge is 2.21. The fraction of sp³-hybridized carbons (Fsp3) is 0.714. The normalized spacial score (nSPS) is 18.9. The van der Waals surface area contributed by atoms with Crippen molar-refractivity contribution in [3.05, 3.63) is 16.1 Å². The minimum atomic E-state index is 0.629. The van der Waals surface area contributed by atoms with Gasteiger partial charge in [0, 0.05) is 38.4 Å². The SMILES string of the molecule is CCC(CCN)N1CCCN(c2ncncc2I)CC1. The van der Waals surface area contributed by atoms with Crippen molar-refractivity contribution in [2.75, 3.05) is 37.6 Å². The van der Waals surface area contributed by atoms with Gasteiger partial charge in [0.15, 0.2) is 0 Å². The predicted octanol–water partition coefficient (Wildman–Crippen LogP) is 1.72. The van der Waals surface area contributed by atoms with Crippen molar-refractivity contribution in [1.82, 2.24) is 14.9 Å². The third kappa shape index (κ3) is 4.02. The summed E-state index contributed by atoms with van der Waals surface area (Å²) in [4.78, 5) is 13.5. The first-order chi connectivity index (χ1) is 9.76. The van der Waals surface area contributed by atoms with Gasteiger partial charge in [-0.3, -0.25) is 4.90 Å². The zero-order valence-electron chi connectivity index (χ0n) is 12.1. The van der Waals surface area contributed by atoms with Crippen LogP contribution in [0.15, 0.2) is 12.5 Å². The molecular formula is C14H24IN5. The molecule has 1 aromatic heterocycles. The van der Waals surface area contributed by atoms with E-state index in [1.54, 1.807) is 6.33 Å². The molecule has 0 aliphatic carbocycles. The lowest BCUT2D eigenvalue weighted by Gasteiger charge is -2.29. The summed E-state index contributed by atoms with van der Waals surface area (Å²) in [6.45, 7) is 7.41. The highest BCUT2D eigenvalue weighted by molar-refractivity contribution is 14.1. The van der Waals surface area contributed by atoms with E-state index >= 15 is 0 Å². The van der Waals surface area contributed by atoms with Gasteiger partial charge in [-0.1, -0.05) is 6.92 Å². The molecule has 0 radical (unpaired) electrons. The summed E-state index contributed by atoms with van der Waals surface area (Å²) in [7, 11) is 0. The van der Waals surface area contributed by atoms with E-state index in [0.717, 1.165) is 48.5 Å². The second-order valence-electron chi connectivity index (χ2n) is 5.21. The average Bonchev–Trinajstić information content (AvgIpc) is 2.71. The van der Waals surface area contributed by atoms with E-state index < -0.39 is 0 Å². The Hall–Kier alpha value is -0.470. The van der Waals surface area contributed by atoms with Crippen LogP contribution in [0.5, 0.6) is 0 Å². The van der Waals surface area contributed by atoms with Gasteiger partial charge in [0.05, 0.1) is 3.57 Å². The lowest BCUT2D eigenvalue weighted by atomic mass is 10.1. The third-order valence-corrected chi connectivity index (χ3v) is 4.73. The number of nitrogens with zero attached hydrogens (tertiary/aromatic N) is 4. The van der Waals surface area contributed by atoms with Gasteiger partial charge >= 0.3 is 0 Å². The first-order valence-corrected chi connectivity index (χ1v) is 8.48. The number of aromatic nitrogens is 2. The molecule has 0 saturated carbocycles. The lowest BCUT2D eigenvalue weighted by Crippen LogP contribution is -2.39. The molecule has 1 aliphatic rings. The highest BCUT2D eigenvalue weighted by atomic mass is 127. The van der Waals surface area contributed by atoms with Crippen LogP contribution in [0.25, 0.3) is 0 Å². The molecule has 1 fully saturated rings. The van der Waals surface area contributed by atoms with Crippen molar-refractivity contribution in [1.29, 1.82) is 0 Å². The molecule has 112 valence electrons. The molecule has 0 amide bonds. The second-order valence-corrected chi connectivity index (χ2v) is 6.37. The molecule has 5 nitrogen and oxygen atoms in total. The maximum atomic E-state index is 5.73. The van der Waals surface area contributed by atoms with Crippen molar-refractivity contribution >= 4 is 28.4 Å². The van der Waals surface area contributed by atoms with Crippen LogP contribution in [0.1, 0.15) is 26.2 Å². The Morgan fingerprint density at radius 2 is 2.20 bits per heavy atom. The van der Waals surface area contributed by atoms with Crippen molar-refractivity contribution in [2.24, 2.45) is 5.73 Å². The topological polar surface area (TPSA) is 58.3 Å². The van der Waals surface area contributed by atoms with Crippen LogP contribution in [0, 0.1) is 3.57 Å². The van der Waals surface area contributed by atoms with Gasteiger partial charge < -0.3 is 10.6 Å². The standard InChI is InChI=1S/C14H24IN5/c1-2-12(4-5-16)19-6-3-7-20(9-8-19)14-13(15)10-17-11-18-14/h10-12H,2-9,16H2,1H3. The van der Waals surface area contributed by atoms with Gasteiger partial charge in [-0.25, -0.2) is 9.97 Å². The Balaban J connectivity index is 2.00. The Bertz CT molecular complexity index is 414. The van der Waals surface area contributed by atoms with E-state index in [-0.39, 0.29) is 0 Å². The summed E-state index contributed by atoms with van der Waals surface area (Å²) in [5.41, 5.74) is 5.73. The van der Waals surface area contributed by atoms with E-state index in [0.29, 0.717) is 6.04 Å². The Morgan fingerprint density at radius 3 is 2.90 bits per heavy atom. The van der Waals surface area contributed by atoms with Gasteiger partial charge in [0.2, 0.25) is 0 Å². The molecule has 6 heteroatoms. The molecule has 0 bridgehead atoms. The van der Waals surface area contributed by atoms with Gasteiger partial charge in [0.25, 0.3) is 0 Å². The number of hydrogen-bond acceptors (Lipinski definition) is 5. The van der Waals surface area contributed by atoms with Crippen LogP contribution in [-0.4, -0.2) is 53.6 Å². The Kier molecular flexibility index (Phi) is 6.44. The van der Waals surface area contributed by atoms with Gasteiger partial charge in [-0.05, 0) is 48.4 Å². The maximum absolute atomic E-state index is 5.73. The number of rotatable bonds is 5. The van der Waals surface area contributed by atoms with Crippen LogP contribution in [0.3, 0.4) is 0 Å². The van der Waals surface area contributed by atoms with E-state index in [9.17, 15) is 0 Å². The summed E-state index contributed by atoms with van der Waals surface area (Å²) in [6.07, 6.45) is 6.99. The minimum absolute atomic E-state index is 0.629. The molecule has 2 N–H and O–H groups in total. The van der Waals surface area contributed by atoms with Gasteiger partial charge in [0.1, 0.15) is 12.1 Å². The van der Waals surface area contributed by atoms with Crippen LogP contribution < -0.4 is 10.6 Å². The number of halogens is 1. The van der Waals surface area contributed by atoms with Crippen molar-refractivity contribution in [3.8, 4) is 0 Å². The van der Waals surface area contributed by atoms with Crippen LogP contribution in [0.4, 0.5) is 5.82 Å². The first-order valence-electron chi connectivity index (χ1n) is 7.40. The maximum Gasteiger partial charge on any atom is 0.145 e. The largest absolute Gasteiger partial charge is 0.354 e. The molecule has 1 aliphatic heterocycles. The lowest BCUT2D eigenvalue weighted by molar-refractivity contribution is 0.196. The zero-order chi connectivity index (χ0) is 14.4. The quantitative estimate of drug-likeness (QED) is 0.778. The van der Waals surface area contributed by atoms with Crippen molar-refractivity contribution < 1.29 is 0 Å². The fourth-order valence-corrected chi connectivity index (χ4v) is 3.53. The molecule has 1 saturated heterocycles. The summed E-state index contributed by atoms with van der Waals surface area (Å²) in [6, 6.07) is 0.629. The van der Waals surface area contributed by atoms with Gasteiger partial charge in [-0.2, -0.15) is 0 Å². The first kappa shape index (κ1) is 15.9. The smallest absolute Gasteiger partial charge is 0.145 e. The van der Waals surface area contributed by atoms with Gasteiger partial charge in [-0.15, -0.1) is 0 Å². The summed E-state index contributed by atoms with van der Waals surface area (Å²) in [5, 5.41) is 0. The Labute approximate surface area is 135 Å². The monoisotopic (exact) mass is 389 g/mol. The summed E-state index contributed by atoms with van der Waals surface area (Å²) < 4.78 is 1.13.